The van der Waals surface area contributed by atoms with E-state index in [9.17, 15) is 15.2 Å². The number of morpholine rings is 1. The number of phenolic OH excluding ortho intramolecular Hbond substituents is 1. The number of nitrogens with zero attached hydrogens (tertiary/aromatic N) is 2. The highest BCUT2D eigenvalue weighted by Gasteiger charge is 2.31. The molecule has 4 rings (SSSR count). The maximum absolute atomic E-state index is 11.6. The molecule has 1 saturated heterocycles. The van der Waals surface area contributed by atoms with Gasteiger partial charge in [-0.1, -0.05) is 54.6 Å². The SMILES string of the molecule is O=[N+]([O-])c1ccccc1[C@@H](c1ccc2ccccc2c1O)N1CCOCC1. The predicted molar refractivity (Wildman–Crippen MR) is 103 cm³/mol. The van der Waals surface area contributed by atoms with Gasteiger partial charge < -0.3 is 9.84 Å². The van der Waals surface area contributed by atoms with E-state index in [0.717, 1.165) is 10.8 Å². The van der Waals surface area contributed by atoms with Crippen LogP contribution in [0.2, 0.25) is 0 Å². The zero-order valence-corrected chi connectivity index (χ0v) is 14.7. The average molecular weight is 364 g/mol. The van der Waals surface area contributed by atoms with Gasteiger partial charge in [-0.25, -0.2) is 0 Å². The summed E-state index contributed by atoms with van der Waals surface area (Å²) < 4.78 is 5.46. The maximum Gasteiger partial charge on any atom is 0.274 e. The van der Waals surface area contributed by atoms with Gasteiger partial charge in [-0.15, -0.1) is 0 Å². The Kier molecular flexibility index (Phi) is 4.75. The molecule has 0 aliphatic carbocycles. The summed E-state index contributed by atoms with van der Waals surface area (Å²) in [4.78, 5) is 13.4. The molecule has 1 aliphatic rings. The minimum Gasteiger partial charge on any atom is -0.507 e. The molecule has 1 heterocycles. The van der Waals surface area contributed by atoms with Crippen molar-refractivity contribution in [1.82, 2.24) is 4.90 Å². The second-order valence-corrected chi connectivity index (χ2v) is 6.59. The summed E-state index contributed by atoms with van der Waals surface area (Å²) >= 11 is 0. The molecule has 3 aromatic rings. The number of hydrogen-bond acceptors (Lipinski definition) is 5. The lowest BCUT2D eigenvalue weighted by atomic mass is 9.92. The summed E-state index contributed by atoms with van der Waals surface area (Å²) in [5.74, 6) is 0.169. The molecule has 1 N–H and O–H groups in total. The normalized spacial score (nSPS) is 16.3. The number of benzene rings is 3. The number of rotatable bonds is 4. The van der Waals surface area contributed by atoms with Crippen molar-refractivity contribution in [2.75, 3.05) is 26.3 Å². The summed E-state index contributed by atoms with van der Waals surface area (Å²) in [6.07, 6.45) is 0. The van der Waals surface area contributed by atoms with Crippen LogP contribution in [-0.2, 0) is 4.74 Å². The Morgan fingerprint density at radius 2 is 1.67 bits per heavy atom. The summed E-state index contributed by atoms with van der Waals surface area (Å²) in [6.45, 7) is 2.41. The minimum atomic E-state index is -0.417. The van der Waals surface area contributed by atoms with E-state index >= 15 is 0 Å². The number of nitro groups is 1. The molecule has 1 atom stereocenters. The Balaban J connectivity index is 1.92. The topological polar surface area (TPSA) is 75.8 Å². The fourth-order valence-corrected chi connectivity index (χ4v) is 3.77. The van der Waals surface area contributed by atoms with Crippen molar-refractivity contribution < 1.29 is 14.8 Å². The molecule has 6 heteroatoms. The molecular weight excluding hydrogens is 344 g/mol. The van der Waals surface area contributed by atoms with Gasteiger partial charge >= 0.3 is 0 Å². The lowest BCUT2D eigenvalue weighted by Crippen LogP contribution is -2.39. The van der Waals surface area contributed by atoms with Gasteiger partial charge in [0.15, 0.2) is 0 Å². The van der Waals surface area contributed by atoms with E-state index in [1.165, 1.54) is 6.07 Å². The highest BCUT2D eigenvalue weighted by Crippen LogP contribution is 2.41. The second-order valence-electron chi connectivity index (χ2n) is 6.59. The molecule has 0 saturated carbocycles. The summed E-state index contributed by atoms with van der Waals surface area (Å²) in [5, 5.41) is 24.3. The minimum absolute atomic E-state index is 0.0570. The summed E-state index contributed by atoms with van der Waals surface area (Å²) in [5.41, 5.74) is 1.31. The lowest BCUT2D eigenvalue weighted by Gasteiger charge is -2.35. The predicted octanol–water partition coefficient (Wildman–Crippen LogP) is 3.88. The average Bonchev–Trinajstić information content (AvgIpc) is 2.71. The molecule has 1 aliphatic heterocycles. The number of nitro benzene ring substituents is 1. The first kappa shape index (κ1) is 17.5. The largest absolute Gasteiger partial charge is 0.507 e. The third-order valence-electron chi connectivity index (χ3n) is 5.07. The summed E-state index contributed by atoms with van der Waals surface area (Å²) in [7, 11) is 0. The van der Waals surface area contributed by atoms with Crippen LogP contribution in [0, 0.1) is 10.1 Å². The molecule has 138 valence electrons. The van der Waals surface area contributed by atoms with Crippen LogP contribution >= 0.6 is 0 Å². The molecule has 1 fully saturated rings. The van der Waals surface area contributed by atoms with Gasteiger partial charge in [0.1, 0.15) is 5.75 Å². The molecule has 3 aromatic carbocycles. The monoisotopic (exact) mass is 364 g/mol. The number of fused-ring (bicyclic) bond motifs is 1. The van der Waals surface area contributed by atoms with Crippen LogP contribution in [0.3, 0.4) is 0 Å². The van der Waals surface area contributed by atoms with Gasteiger partial charge in [-0.3, -0.25) is 15.0 Å². The van der Waals surface area contributed by atoms with E-state index in [-0.39, 0.29) is 16.4 Å². The van der Waals surface area contributed by atoms with Crippen molar-refractivity contribution in [3.05, 3.63) is 81.9 Å². The number of ether oxygens (including phenoxy) is 1. The van der Waals surface area contributed by atoms with Crippen molar-refractivity contribution in [2.24, 2.45) is 0 Å². The van der Waals surface area contributed by atoms with E-state index in [0.29, 0.717) is 37.4 Å². The van der Waals surface area contributed by atoms with Gasteiger partial charge in [-0.2, -0.15) is 0 Å². The number of para-hydroxylation sites is 1. The highest BCUT2D eigenvalue weighted by molar-refractivity contribution is 5.89. The number of aromatic hydroxyl groups is 1. The van der Waals surface area contributed by atoms with Crippen LogP contribution < -0.4 is 0 Å². The van der Waals surface area contributed by atoms with Gasteiger partial charge in [-0.05, 0) is 5.39 Å². The number of phenols is 1. The first-order valence-electron chi connectivity index (χ1n) is 8.92. The van der Waals surface area contributed by atoms with Crippen LogP contribution in [0.1, 0.15) is 17.2 Å². The van der Waals surface area contributed by atoms with Crippen LogP contribution in [0.4, 0.5) is 5.69 Å². The Bertz CT molecular complexity index is 983. The lowest BCUT2D eigenvalue weighted by molar-refractivity contribution is -0.385. The van der Waals surface area contributed by atoms with Crippen LogP contribution in [-0.4, -0.2) is 41.2 Å². The first-order valence-corrected chi connectivity index (χ1v) is 8.92. The van der Waals surface area contributed by atoms with Crippen LogP contribution in [0.5, 0.6) is 5.75 Å². The molecule has 27 heavy (non-hydrogen) atoms. The zero-order chi connectivity index (χ0) is 18.8. The molecular formula is C21H20N2O4. The molecule has 0 bridgehead atoms. The Hall–Kier alpha value is -2.96. The van der Waals surface area contributed by atoms with Gasteiger partial charge in [0.2, 0.25) is 0 Å². The van der Waals surface area contributed by atoms with Crippen molar-refractivity contribution in [3.8, 4) is 5.75 Å². The van der Waals surface area contributed by atoms with Crippen LogP contribution in [0.25, 0.3) is 10.8 Å². The summed E-state index contributed by atoms with van der Waals surface area (Å²) in [6, 6.07) is 17.8. The molecule has 0 amide bonds. The van der Waals surface area contributed by atoms with E-state index in [1.807, 2.05) is 36.4 Å². The highest BCUT2D eigenvalue weighted by atomic mass is 16.6. The van der Waals surface area contributed by atoms with Crippen molar-refractivity contribution >= 4 is 16.5 Å². The van der Waals surface area contributed by atoms with E-state index in [4.69, 9.17) is 4.74 Å². The standard InChI is InChI=1S/C21H20N2O4/c24-21-16-6-2-1-5-15(16)9-10-18(21)20(22-11-13-27-14-12-22)17-7-3-4-8-19(17)23(25)26/h1-10,20,24H,11-14H2/t20-/m0/s1. The fourth-order valence-electron chi connectivity index (χ4n) is 3.77. The van der Waals surface area contributed by atoms with Crippen molar-refractivity contribution in [1.29, 1.82) is 0 Å². The Labute approximate surface area is 156 Å². The molecule has 0 unspecified atom stereocenters. The van der Waals surface area contributed by atoms with Crippen molar-refractivity contribution in [3.63, 3.8) is 0 Å². The third kappa shape index (κ3) is 3.25. The Morgan fingerprint density at radius 1 is 0.963 bits per heavy atom. The van der Waals surface area contributed by atoms with E-state index in [2.05, 4.69) is 4.90 Å². The van der Waals surface area contributed by atoms with Crippen LogP contribution in [0.15, 0.2) is 60.7 Å². The third-order valence-corrected chi connectivity index (χ3v) is 5.07. The van der Waals surface area contributed by atoms with Gasteiger partial charge in [0.05, 0.1) is 29.7 Å². The number of hydrogen-bond donors (Lipinski definition) is 1. The van der Waals surface area contributed by atoms with Crippen molar-refractivity contribution in [2.45, 2.75) is 6.04 Å². The van der Waals surface area contributed by atoms with E-state index in [1.54, 1.807) is 18.2 Å². The first-order chi connectivity index (χ1) is 13.2. The maximum atomic E-state index is 11.6. The second kappa shape index (κ2) is 7.34. The van der Waals surface area contributed by atoms with Gasteiger partial charge in [0.25, 0.3) is 5.69 Å². The quantitative estimate of drug-likeness (QED) is 0.562. The smallest absolute Gasteiger partial charge is 0.274 e. The Morgan fingerprint density at radius 3 is 2.44 bits per heavy atom. The molecule has 0 aromatic heterocycles. The molecule has 6 nitrogen and oxygen atoms in total. The molecule has 0 radical (unpaired) electrons. The fraction of sp³-hybridized carbons (Fsp3) is 0.238. The van der Waals surface area contributed by atoms with E-state index < -0.39 is 6.04 Å². The zero-order valence-electron chi connectivity index (χ0n) is 14.7. The van der Waals surface area contributed by atoms with Gasteiger partial charge in [0, 0.05) is 30.1 Å². The molecule has 0 spiro atoms.